The molecular formula is C12H17FN2O. The Hall–Kier alpha value is -1.16. The highest BCUT2D eigenvalue weighted by molar-refractivity contribution is 5.17. The summed E-state index contributed by atoms with van der Waals surface area (Å²) in [5.41, 5.74) is 0.522. The molecule has 1 saturated heterocycles. The molecule has 1 aromatic heterocycles. The van der Waals surface area contributed by atoms with Crippen LogP contribution in [0.3, 0.4) is 0 Å². The number of hydrogen-bond donors (Lipinski definition) is 0. The van der Waals surface area contributed by atoms with Crippen LogP contribution >= 0.6 is 0 Å². The van der Waals surface area contributed by atoms with Crippen molar-refractivity contribution in [1.82, 2.24) is 9.47 Å². The number of pyridine rings is 1. The number of aryl methyl sites for hydroxylation is 1. The third kappa shape index (κ3) is 1.89. The molecule has 0 spiro atoms. The lowest BCUT2D eigenvalue weighted by Crippen LogP contribution is -2.30. The van der Waals surface area contributed by atoms with Crippen molar-refractivity contribution in [3.8, 4) is 0 Å². The van der Waals surface area contributed by atoms with E-state index in [9.17, 15) is 9.18 Å². The van der Waals surface area contributed by atoms with Crippen molar-refractivity contribution in [2.24, 2.45) is 7.05 Å². The number of aromatic nitrogens is 1. The average Bonchev–Trinajstić information content (AvgIpc) is 2.71. The molecule has 1 fully saturated rings. The molecule has 0 radical (unpaired) electrons. The number of halogens is 1. The first-order valence-corrected chi connectivity index (χ1v) is 5.73. The van der Waals surface area contributed by atoms with Gasteiger partial charge in [-0.3, -0.25) is 9.69 Å². The number of rotatable bonds is 2. The Kier molecular flexibility index (Phi) is 3.10. The van der Waals surface area contributed by atoms with Crippen LogP contribution in [0.2, 0.25) is 0 Å². The van der Waals surface area contributed by atoms with Crippen LogP contribution in [0.15, 0.2) is 17.1 Å². The molecule has 2 rings (SSSR count). The van der Waals surface area contributed by atoms with Crippen molar-refractivity contribution in [3.63, 3.8) is 0 Å². The van der Waals surface area contributed by atoms with Crippen molar-refractivity contribution in [3.05, 3.63) is 34.0 Å². The maximum absolute atomic E-state index is 13.3. The topological polar surface area (TPSA) is 25.2 Å². The summed E-state index contributed by atoms with van der Waals surface area (Å²) in [6.45, 7) is 3.98. The van der Waals surface area contributed by atoms with E-state index >= 15 is 0 Å². The normalized spacial score (nSPS) is 21.6. The molecule has 2 heterocycles. The average molecular weight is 224 g/mol. The highest BCUT2D eigenvalue weighted by Gasteiger charge is 2.27. The minimum Gasteiger partial charge on any atom is -0.315 e. The van der Waals surface area contributed by atoms with Crippen LogP contribution in [-0.2, 0) is 7.05 Å². The molecule has 3 nitrogen and oxygen atoms in total. The van der Waals surface area contributed by atoms with Crippen molar-refractivity contribution in [2.45, 2.75) is 25.8 Å². The van der Waals surface area contributed by atoms with E-state index in [1.165, 1.54) is 16.8 Å². The number of likely N-dealkylation sites (tertiary alicyclic amines) is 1. The van der Waals surface area contributed by atoms with Crippen LogP contribution in [0.1, 0.15) is 31.4 Å². The van der Waals surface area contributed by atoms with Crippen molar-refractivity contribution < 1.29 is 4.39 Å². The maximum Gasteiger partial charge on any atom is 0.255 e. The molecule has 0 aromatic carbocycles. The maximum atomic E-state index is 13.3. The second-order valence-electron chi connectivity index (χ2n) is 4.32. The molecule has 1 aliphatic rings. The minimum atomic E-state index is -0.333. The van der Waals surface area contributed by atoms with Gasteiger partial charge in [0.25, 0.3) is 5.56 Å². The third-order valence-electron chi connectivity index (χ3n) is 3.31. The van der Waals surface area contributed by atoms with Crippen molar-refractivity contribution in [2.75, 3.05) is 13.1 Å². The van der Waals surface area contributed by atoms with Gasteiger partial charge in [0.15, 0.2) is 0 Å². The van der Waals surface area contributed by atoms with Crippen LogP contribution in [0.4, 0.5) is 4.39 Å². The van der Waals surface area contributed by atoms with Gasteiger partial charge in [-0.25, -0.2) is 4.39 Å². The van der Waals surface area contributed by atoms with Crippen molar-refractivity contribution in [1.29, 1.82) is 0 Å². The van der Waals surface area contributed by atoms with Gasteiger partial charge in [0, 0.05) is 24.8 Å². The van der Waals surface area contributed by atoms with Crippen LogP contribution in [0.25, 0.3) is 0 Å². The monoisotopic (exact) mass is 224 g/mol. The van der Waals surface area contributed by atoms with Crippen LogP contribution in [0, 0.1) is 5.82 Å². The Morgan fingerprint density at radius 3 is 3.00 bits per heavy atom. The van der Waals surface area contributed by atoms with E-state index in [0.717, 1.165) is 25.9 Å². The molecule has 0 bridgehead atoms. The Morgan fingerprint density at radius 2 is 2.31 bits per heavy atom. The predicted octanol–water partition coefficient (Wildman–Crippen LogP) is 1.68. The highest BCUT2D eigenvalue weighted by atomic mass is 19.1. The van der Waals surface area contributed by atoms with Crippen molar-refractivity contribution >= 4 is 0 Å². The fraction of sp³-hybridized carbons (Fsp3) is 0.583. The van der Waals surface area contributed by atoms with Gasteiger partial charge in [0.2, 0.25) is 0 Å². The predicted molar refractivity (Wildman–Crippen MR) is 60.9 cm³/mol. The molecule has 1 atom stereocenters. The zero-order valence-corrected chi connectivity index (χ0v) is 9.74. The molecule has 16 heavy (non-hydrogen) atoms. The zero-order chi connectivity index (χ0) is 11.7. The fourth-order valence-corrected chi connectivity index (χ4v) is 2.49. The van der Waals surface area contributed by atoms with E-state index in [0.29, 0.717) is 5.56 Å². The molecule has 4 heteroatoms. The van der Waals surface area contributed by atoms with Gasteiger partial charge in [-0.1, -0.05) is 6.92 Å². The summed E-state index contributed by atoms with van der Waals surface area (Å²) < 4.78 is 14.6. The summed E-state index contributed by atoms with van der Waals surface area (Å²) >= 11 is 0. The summed E-state index contributed by atoms with van der Waals surface area (Å²) in [6.07, 6.45) is 3.27. The fourth-order valence-electron chi connectivity index (χ4n) is 2.49. The minimum absolute atomic E-state index is 0.0771. The number of hydrogen-bond acceptors (Lipinski definition) is 2. The van der Waals surface area contributed by atoms with Gasteiger partial charge in [0.05, 0.1) is 0 Å². The van der Waals surface area contributed by atoms with Crippen LogP contribution in [-0.4, -0.2) is 22.6 Å². The van der Waals surface area contributed by atoms with Crippen LogP contribution < -0.4 is 5.56 Å². The lowest BCUT2D eigenvalue weighted by atomic mass is 10.1. The molecule has 1 aromatic rings. The molecular weight excluding hydrogens is 207 g/mol. The summed E-state index contributed by atoms with van der Waals surface area (Å²) in [5.74, 6) is -0.333. The molecule has 0 aliphatic carbocycles. The first-order valence-electron chi connectivity index (χ1n) is 5.73. The van der Waals surface area contributed by atoms with E-state index < -0.39 is 0 Å². The first kappa shape index (κ1) is 11.3. The SMILES string of the molecule is CCN1CCCC1c1cc(F)cn(C)c1=O. The highest BCUT2D eigenvalue weighted by Crippen LogP contribution is 2.29. The van der Waals surface area contributed by atoms with Gasteiger partial charge in [-0.2, -0.15) is 0 Å². The quantitative estimate of drug-likeness (QED) is 0.763. The van der Waals surface area contributed by atoms with E-state index in [4.69, 9.17) is 0 Å². The molecule has 0 saturated carbocycles. The Bertz CT molecular complexity index is 441. The second kappa shape index (κ2) is 4.37. The lowest BCUT2D eigenvalue weighted by Gasteiger charge is -2.22. The summed E-state index contributed by atoms with van der Waals surface area (Å²) in [4.78, 5) is 14.2. The van der Waals surface area contributed by atoms with E-state index in [1.54, 1.807) is 7.05 Å². The summed E-state index contributed by atoms with van der Waals surface area (Å²) in [6, 6.07) is 1.49. The largest absolute Gasteiger partial charge is 0.315 e. The van der Waals surface area contributed by atoms with E-state index in [-0.39, 0.29) is 17.4 Å². The van der Waals surface area contributed by atoms with Gasteiger partial charge in [-0.15, -0.1) is 0 Å². The summed E-state index contributed by atoms with van der Waals surface area (Å²) in [5, 5.41) is 0. The molecule has 0 N–H and O–H groups in total. The molecule has 88 valence electrons. The second-order valence-corrected chi connectivity index (χ2v) is 4.32. The molecule has 1 unspecified atom stereocenters. The molecule has 1 aliphatic heterocycles. The standard InChI is InChI=1S/C12H17FN2O/c1-3-15-6-4-5-11(15)10-7-9(13)8-14(2)12(10)16/h7-8,11H,3-6H2,1-2H3. The van der Waals surface area contributed by atoms with Gasteiger partial charge in [-0.05, 0) is 32.0 Å². The Balaban J connectivity index is 2.43. The Morgan fingerprint density at radius 1 is 1.56 bits per heavy atom. The summed E-state index contributed by atoms with van der Waals surface area (Å²) in [7, 11) is 1.60. The van der Waals surface area contributed by atoms with Gasteiger partial charge >= 0.3 is 0 Å². The Labute approximate surface area is 94.5 Å². The third-order valence-corrected chi connectivity index (χ3v) is 3.31. The zero-order valence-electron chi connectivity index (χ0n) is 9.74. The van der Waals surface area contributed by atoms with Gasteiger partial charge in [0.1, 0.15) is 5.82 Å². The molecule has 0 amide bonds. The van der Waals surface area contributed by atoms with E-state index in [1.807, 2.05) is 0 Å². The first-order chi connectivity index (χ1) is 7.63. The van der Waals surface area contributed by atoms with E-state index in [2.05, 4.69) is 11.8 Å². The van der Waals surface area contributed by atoms with Gasteiger partial charge < -0.3 is 4.57 Å². The smallest absolute Gasteiger partial charge is 0.255 e. The lowest BCUT2D eigenvalue weighted by molar-refractivity contribution is 0.268. The number of nitrogens with zero attached hydrogens (tertiary/aromatic N) is 2. The van der Waals surface area contributed by atoms with Crippen LogP contribution in [0.5, 0.6) is 0 Å².